The summed E-state index contributed by atoms with van der Waals surface area (Å²) in [5, 5.41) is 12.1. The van der Waals surface area contributed by atoms with Crippen LogP contribution in [0.4, 0.5) is 5.69 Å². The Labute approximate surface area is 160 Å². The van der Waals surface area contributed by atoms with Gasteiger partial charge in [-0.3, -0.25) is 4.79 Å². The van der Waals surface area contributed by atoms with Crippen molar-refractivity contribution in [2.75, 3.05) is 18.5 Å². The maximum atomic E-state index is 12.4. The average molecular weight is 364 g/mol. The lowest BCUT2D eigenvalue weighted by atomic mass is 10.1. The van der Waals surface area contributed by atoms with Crippen molar-refractivity contribution in [1.29, 1.82) is 5.26 Å². The minimum Gasteiger partial charge on any atom is -0.494 e. The molecule has 1 amide bonds. The van der Waals surface area contributed by atoms with Gasteiger partial charge in [0.2, 0.25) is 0 Å². The number of carbonyl (C=O) groups is 1. The minimum absolute atomic E-state index is 0.0210. The molecule has 140 valence electrons. The highest BCUT2D eigenvalue weighted by Crippen LogP contribution is 2.19. The van der Waals surface area contributed by atoms with E-state index in [1.807, 2.05) is 43.3 Å². The number of hydrogen-bond acceptors (Lipinski definition) is 4. The summed E-state index contributed by atoms with van der Waals surface area (Å²) in [5.74, 6) is 1.40. The quantitative estimate of drug-likeness (QED) is 0.546. The summed E-state index contributed by atoms with van der Waals surface area (Å²) < 4.78 is 11.0. The molecule has 0 fully saturated rings. The van der Waals surface area contributed by atoms with Crippen molar-refractivity contribution < 1.29 is 14.3 Å². The van der Waals surface area contributed by atoms with Gasteiger partial charge in [-0.2, -0.15) is 5.26 Å². The molecule has 5 nitrogen and oxygen atoms in total. The van der Waals surface area contributed by atoms with E-state index in [0.29, 0.717) is 30.6 Å². The lowest BCUT2D eigenvalue weighted by molar-refractivity contribution is -0.112. The van der Waals surface area contributed by atoms with Crippen LogP contribution in [0.5, 0.6) is 11.5 Å². The molecule has 0 saturated carbocycles. The zero-order chi connectivity index (χ0) is 19.6. The van der Waals surface area contributed by atoms with E-state index in [9.17, 15) is 10.1 Å². The fourth-order valence-electron chi connectivity index (χ4n) is 2.27. The van der Waals surface area contributed by atoms with Crippen LogP contribution in [0.15, 0.2) is 54.1 Å². The molecule has 2 aromatic carbocycles. The number of rotatable bonds is 8. The predicted molar refractivity (Wildman–Crippen MR) is 107 cm³/mol. The molecule has 2 rings (SSSR count). The van der Waals surface area contributed by atoms with E-state index in [4.69, 9.17) is 9.47 Å². The van der Waals surface area contributed by atoms with Crippen LogP contribution in [0.1, 0.15) is 26.3 Å². The Kier molecular flexibility index (Phi) is 7.45. The monoisotopic (exact) mass is 364 g/mol. The molecule has 0 aliphatic carbocycles. The van der Waals surface area contributed by atoms with E-state index < -0.39 is 5.91 Å². The number of ether oxygens (including phenoxy) is 2. The summed E-state index contributed by atoms with van der Waals surface area (Å²) in [5.41, 5.74) is 1.35. The fraction of sp³-hybridized carbons (Fsp3) is 0.273. The first-order chi connectivity index (χ1) is 13.0. The Balaban J connectivity index is 2.07. The molecule has 0 aromatic heterocycles. The molecule has 5 heteroatoms. The van der Waals surface area contributed by atoms with Gasteiger partial charge in [0.25, 0.3) is 5.91 Å². The lowest BCUT2D eigenvalue weighted by Gasteiger charge is -2.09. The second-order valence-corrected chi connectivity index (χ2v) is 6.36. The molecule has 0 atom stereocenters. The van der Waals surface area contributed by atoms with Crippen LogP contribution in [0.3, 0.4) is 0 Å². The molecule has 2 aromatic rings. The number of nitrogens with one attached hydrogen (secondary N) is 1. The summed E-state index contributed by atoms with van der Waals surface area (Å²) in [4.78, 5) is 12.4. The van der Waals surface area contributed by atoms with E-state index in [1.54, 1.807) is 24.3 Å². The molecule has 27 heavy (non-hydrogen) atoms. The van der Waals surface area contributed by atoms with Gasteiger partial charge in [-0.05, 0) is 48.7 Å². The Morgan fingerprint density at radius 1 is 1.15 bits per heavy atom. The van der Waals surface area contributed by atoms with E-state index in [-0.39, 0.29) is 5.57 Å². The molecule has 1 N–H and O–H groups in total. The van der Waals surface area contributed by atoms with Gasteiger partial charge < -0.3 is 14.8 Å². The number of nitrogens with zero attached hydrogens (tertiary/aromatic N) is 1. The zero-order valence-electron chi connectivity index (χ0n) is 15.9. The standard InChI is InChI=1S/C22H24N2O3/c1-4-26-21-7-5-6-19(13-21)24-22(25)18(14-23)12-17-8-10-20(11-9-17)27-15-16(2)3/h5-13,16H,4,15H2,1-3H3,(H,24,25)/b18-12+. The van der Waals surface area contributed by atoms with Crippen LogP contribution in [-0.2, 0) is 4.79 Å². The highest BCUT2D eigenvalue weighted by Gasteiger charge is 2.10. The number of benzene rings is 2. The normalized spacial score (nSPS) is 11.0. The molecular weight excluding hydrogens is 340 g/mol. The Morgan fingerprint density at radius 2 is 1.89 bits per heavy atom. The van der Waals surface area contributed by atoms with Crippen molar-refractivity contribution >= 4 is 17.7 Å². The number of hydrogen-bond donors (Lipinski definition) is 1. The van der Waals surface area contributed by atoms with E-state index in [0.717, 1.165) is 11.3 Å². The van der Waals surface area contributed by atoms with Crippen LogP contribution in [0, 0.1) is 17.2 Å². The van der Waals surface area contributed by atoms with E-state index in [2.05, 4.69) is 19.2 Å². The van der Waals surface area contributed by atoms with E-state index in [1.165, 1.54) is 0 Å². The van der Waals surface area contributed by atoms with Gasteiger partial charge in [0.05, 0.1) is 13.2 Å². The fourth-order valence-corrected chi connectivity index (χ4v) is 2.27. The maximum Gasteiger partial charge on any atom is 0.266 e. The van der Waals surface area contributed by atoms with Gasteiger partial charge in [0.15, 0.2) is 0 Å². The molecule has 0 heterocycles. The van der Waals surface area contributed by atoms with Crippen molar-refractivity contribution in [3.63, 3.8) is 0 Å². The number of carbonyl (C=O) groups excluding carboxylic acids is 1. The minimum atomic E-state index is -0.466. The molecule has 0 spiro atoms. The SMILES string of the molecule is CCOc1cccc(NC(=O)/C(C#N)=C/c2ccc(OCC(C)C)cc2)c1. The van der Waals surface area contributed by atoms with Crippen molar-refractivity contribution in [3.8, 4) is 17.6 Å². The molecule has 0 unspecified atom stereocenters. The maximum absolute atomic E-state index is 12.4. The molecule has 0 aliphatic rings. The molecular formula is C22H24N2O3. The summed E-state index contributed by atoms with van der Waals surface area (Å²) in [6.07, 6.45) is 1.55. The topological polar surface area (TPSA) is 71.3 Å². The third-order valence-electron chi connectivity index (χ3n) is 3.54. The van der Waals surface area contributed by atoms with Crippen molar-refractivity contribution in [1.82, 2.24) is 0 Å². The Bertz CT molecular complexity index is 833. The average Bonchev–Trinajstić information content (AvgIpc) is 2.65. The lowest BCUT2D eigenvalue weighted by Crippen LogP contribution is -2.13. The van der Waals surface area contributed by atoms with Gasteiger partial charge in [-0.1, -0.05) is 32.0 Å². The van der Waals surface area contributed by atoms with E-state index >= 15 is 0 Å². The highest BCUT2D eigenvalue weighted by molar-refractivity contribution is 6.09. The predicted octanol–water partition coefficient (Wildman–Crippen LogP) is 4.67. The molecule has 0 aliphatic heterocycles. The zero-order valence-corrected chi connectivity index (χ0v) is 15.9. The van der Waals surface area contributed by atoms with Crippen molar-refractivity contribution in [2.24, 2.45) is 5.92 Å². The second kappa shape index (κ2) is 10.0. The van der Waals surface area contributed by atoms with Crippen LogP contribution in [-0.4, -0.2) is 19.1 Å². The first-order valence-electron chi connectivity index (χ1n) is 8.90. The smallest absolute Gasteiger partial charge is 0.266 e. The van der Waals surface area contributed by atoms with Gasteiger partial charge in [0.1, 0.15) is 23.1 Å². The van der Waals surface area contributed by atoms with Crippen molar-refractivity contribution in [3.05, 3.63) is 59.7 Å². The molecule has 0 bridgehead atoms. The van der Waals surface area contributed by atoms with Crippen LogP contribution >= 0.6 is 0 Å². The second-order valence-electron chi connectivity index (χ2n) is 6.36. The number of anilines is 1. The first-order valence-corrected chi connectivity index (χ1v) is 8.90. The van der Waals surface area contributed by atoms with Crippen molar-refractivity contribution in [2.45, 2.75) is 20.8 Å². The molecule has 0 radical (unpaired) electrons. The van der Waals surface area contributed by atoms with Gasteiger partial charge in [-0.15, -0.1) is 0 Å². The van der Waals surface area contributed by atoms with Crippen LogP contribution in [0.2, 0.25) is 0 Å². The van der Waals surface area contributed by atoms with Crippen LogP contribution < -0.4 is 14.8 Å². The number of nitriles is 1. The van der Waals surface area contributed by atoms with Crippen LogP contribution in [0.25, 0.3) is 6.08 Å². The summed E-state index contributed by atoms with van der Waals surface area (Å²) in [6.45, 7) is 7.23. The summed E-state index contributed by atoms with van der Waals surface area (Å²) >= 11 is 0. The number of amides is 1. The third-order valence-corrected chi connectivity index (χ3v) is 3.54. The van der Waals surface area contributed by atoms with Gasteiger partial charge in [-0.25, -0.2) is 0 Å². The third kappa shape index (κ3) is 6.52. The summed E-state index contributed by atoms with van der Waals surface area (Å²) in [6, 6.07) is 16.3. The Morgan fingerprint density at radius 3 is 2.52 bits per heavy atom. The van der Waals surface area contributed by atoms with Gasteiger partial charge in [0, 0.05) is 11.8 Å². The Hall–Kier alpha value is -3.26. The molecule has 0 saturated heterocycles. The highest BCUT2D eigenvalue weighted by atomic mass is 16.5. The largest absolute Gasteiger partial charge is 0.494 e. The van der Waals surface area contributed by atoms with Gasteiger partial charge >= 0.3 is 0 Å². The first kappa shape index (κ1) is 20.1. The summed E-state index contributed by atoms with van der Waals surface area (Å²) in [7, 11) is 0.